The summed E-state index contributed by atoms with van der Waals surface area (Å²) in [7, 11) is 0. The molecule has 186 valence electrons. The quantitative estimate of drug-likeness (QED) is 0.163. The van der Waals surface area contributed by atoms with Crippen LogP contribution in [0.2, 0.25) is 0 Å². The van der Waals surface area contributed by atoms with Gasteiger partial charge in [0, 0.05) is 5.57 Å². The molecular formula is C22H3F10N5. The van der Waals surface area contributed by atoms with Gasteiger partial charge in [0.1, 0.15) is 29.1 Å². The number of hydrogen-bond donors (Lipinski definition) is 0. The van der Waals surface area contributed by atoms with Gasteiger partial charge in [0.05, 0.1) is 11.4 Å². The molecule has 0 aliphatic heterocycles. The molecule has 3 rings (SSSR count). The Morgan fingerprint density at radius 2 is 0.973 bits per heavy atom. The highest BCUT2D eigenvalue weighted by atomic mass is 19.2. The van der Waals surface area contributed by atoms with E-state index >= 15 is 0 Å². The van der Waals surface area contributed by atoms with Gasteiger partial charge in [0.2, 0.25) is 17.8 Å². The van der Waals surface area contributed by atoms with E-state index in [2.05, 4.69) is 4.99 Å². The van der Waals surface area contributed by atoms with Crippen molar-refractivity contribution in [3.8, 4) is 18.3 Å². The van der Waals surface area contributed by atoms with E-state index in [1.165, 1.54) is 12.1 Å². The van der Waals surface area contributed by atoms with E-state index < -0.39 is 97.0 Å². The summed E-state index contributed by atoms with van der Waals surface area (Å²) in [6.45, 7) is 0. The van der Waals surface area contributed by atoms with E-state index in [1.54, 1.807) is 0 Å². The Morgan fingerprint density at radius 1 is 0.595 bits per heavy atom. The maximum absolute atomic E-state index is 14.8. The Labute approximate surface area is 199 Å². The van der Waals surface area contributed by atoms with E-state index in [4.69, 9.17) is 15.8 Å². The van der Waals surface area contributed by atoms with Crippen LogP contribution >= 0.6 is 0 Å². The molecular weight excluding hydrogens is 524 g/mol. The third-order valence-corrected chi connectivity index (χ3v) is 4.72. The lowest BCUT2D eigenvalue weighted by atomic mass is 9.98. The summed E-state index contributed by atoms with van der Waals surface area (Å²) in [5, 5.41) is 27.1. The predicted octanol–water partition coefficient (Wildman–Crippen LogP) is 5.94. The molecule has 2 aromatic rings. The van der Waals surface area contributed by atoms with Gasteiger partial charge in [-0.3, -0.25) is 4.90 Å². The Bertz CT molecular complexity index is 1470. The summed E-state index contributed by atoms with van der Waals surface area (Å²) in [4.78, 5) is 2.55. The first kappa shape index (κ1) is 26.5. The van der Waals surface area contributed by atoms with Crippen molar-refractivity contribution < 1.29 is 43.9 Å². The lowest BCUT2D eigenvalue weighted by Gasteiger charge is -2.30. The SMILES string of the molecule is N#C/N=C1\C=CC(=C(C#N)C#N)C=C1N(c1c(F)c(F)c(F)c(F)c1F)c1c(F)c(F)c(F)c(F)c1F. The van der Waals surface area contributed by atoms with Gasteiger partial charge in [-0.1, -0.05) is 6.08 Å². The molecule has 2 aromatic carbocycles. The zero-order valence-corrected chi connectivity index (χ0v) is 17.2. The fourth-order valence-electron chi connectivity index (χ4n) is 3.09. The lowest BCUT2D eigenvalue weighted by Crippen LogP contribution is -2.29. The van der Waals surface area contributed by atoms with Crippen LogP contribution < -0.4 is 4.90 Å². The van der Waals surface area contributed by atoms with Gasteiger partial charge in [-0.15, -0.1) is 0 Å². The number of rotatable bonds is 3. The van der Waals surface area contributed by atoms with Crippen LogP contribution in [0.5, 0.6) is 0 Å². The fraction of sp³-hybridized carbons (Fsp3) is 0. The van der Waals surface area contributed by atoms with Gasteiger partial charge in [-0.05, 0) is 12.2 Å². The lowest BCUT2D eigenvalue weighted by molar-refractivity contribution is 0.374. The Balaban J connectivity index is 2.64. The van der Waals surface area contributed by atoms with E-state index in [1.807, 2.05) is 0 Å². The van der Waals surface area contributed by atoms with Crippen LogP contribution in [0.4, 0.5) is 55.3 Å². The van der Waals surface area contributed by atoms with Gasteiger partial charge >= 0.3 is 0 Å². The summed E-state index contributed by atoms with van der Waals surface area (Å²) in [5.74, 6) is -27.2. The summed E-state index contributed by atoms with van der Waals surface area (Å²) < 4.78 is 143. The van der Waals surface area contributed by atoms with Crippen molar-refractivity contribution in [3.63, 3.8) is 0 Å². The minimum atomic E-state index is -2.75. The molecule has 37 heavy (non-hydrogen) atoms. The highest BCUT2D eigenvalue weighted by Crippen LogP contribution is 2.43. The van der Waals surface area contributed by atoms with Gasteiger partial charge in [-0.25, -0.2) is 43.9 Å². The molecule has 0 saturated carbocycles. The van der Waals surface area contributed by atoms with Gasteiger partial charge in [-0.2, -0.15) is 20.8 Å². The standard InChI is InChI=1S/C22H3F10N5/c23-11-13(25)17(29)21(18(30)14(11)26)37(22-19(31)15(27)12(24)16(28)20(22)32)10-3-7(8(4-33)5-34)1-2-9(10)36-6-35/h1-3H/b36-9+. The van der Waals surface area contributed by atoms with Crippen LogP contribution in [0.3, 0.4) is 0 Å². The maximum atomic E-state index is 14.8. The highest BCUT2D eigenvalue weighted by Gasteiger charge is 2.38. The third-order valence-electron chi connectivity index (χ3n) is 4.72. The number of halogens is 10. The van der Waals surface area contributed by atoms with E-state index in [0.717, 1.165) is 12.3 Å². The maximum Gasteiger partial charge on any atom is 0.206 e. The molecule has 5 nitrogen and oxygen atoms in total. The third kappa shape index (κ3) is 4.15. The van der Waals surface area contributed by atoms with E-state index in [-0.39, 0.29) is 0 Å². The van der Waals surface area contributed by atoms with Crippen molar-refractivity contribution >= 4 is 17.1 Å². The molecule has 0 aromatic heterocycles. The average Bonchev–Trinajstić information content (AvgIpc) is 2.89. The Hall–Kier alpha value is -5.10. The molecule has 15 heteroatoms. The first-order valence-electron chi connectivity index (χ1n) is 9.17. The number of anilines is 2. The van der Waals surface area contributed by atoms with Crippen LogP contribution in [0, 0.1) is 92.3 Å². The zero-order valence-electron chi connectivity index (χ0n) is 17.2. The molecule has 0 heterocycles. The largest absolute Gasteiger partial charge is 0.297 e. The van der Waals surface area contributed by atoms with Crippen LogP contribution in [-0.2, 0) is 0 Å². The van der Waals surface area contributed by atoms with Crippen LogP contribution in [-0.4, -0.2) is 5.71 Å². The summed E-state index contributed by atoms with van der Waals surface area (Å²) in [5.41, 5.74) is -7.85. The Morgan fingerprint density at radius 3 is 1.32 bits per heavy atom. The minimum Gasteiger partial charge on any atom is -0.297 e. The second kappa shape index (κ2) is 9.87. The molecule has 1 aliphatic carbocycles. The average molecular weight is 527 g/mol. The topological polar surface area (TPSA) is 87.0 Å². The number of aliphatic imine (C=N–C) groups is 1. The first-order chi connectivity index (χ1) is 17.4. The van der Waals surface area contributed by atoms with Crippen molar-refractivity contribution in [1.82, 2.24) is 0 Å². The second-order valence-electron chi connectivity index (χ2n) is 6.69. The second-order valence-corrected chi connectivity index (χ2v) is 6.69. The number of hydrogen-bond acceptors (Lipinski definition) is 5. The Kier molecular flexibility index (Phi) is 7.07. The van der Waals surface area contributed by atoms with Crippen molar-refractivity contribution in [3.05, 3.63) is 93.2 Å². The summed E-state index contributed by atoms with van der Waals surface area (Å²) >= 11 is 0. The van der Waals surface area contributed by atoms with Crippen molar-refractivity contribution in [2.24, 2.45) is 4.99 Å². The van der Waals surface area contributed by atoms with E-state index in [9.17, 15) is 43.9 Å². The molecule has 0 amide bonds. The predicted molar refractivity (Wildman–Crippen MR) is 103 cm³/mol. The molecule has 0 saturated heterocycles. The van der Waals surface area contributed by atoms with Gasteiger partial charge in [0.15, 0.2) is 46.5 Å². The first-order valence-corrected chi connectivity index (χ1v) is 9.17. The molecule has 0 fully saturated rings. The molecule has 1 aliphatic rings. The zero-order chi connectivity index (χ0) is 27.8. The minimum absolute atomic E-state index is 0.466. The highest BCUT2D eigenvalue weighted by molar-refractivity contribution is 6.14. The molecule has 0 atom stereocenters. The van der Waals surface area contributed by atoms with Crippen LogP contribution in [0.15, 0.2) is 40.1 Å². The summed E-state index contributed by atoms with van der Waals surface area (Å²) in [6.07, 6.45) is 3.21. The van der Waals surface area contributed by atoms with Gasteiger partial charge < -0.3 is 0 Å². The van der Waals surface area contributed by atoms with Crippen molar-refractivity contribution in [1.29, 1.82) is 15.8 Å². The molecule has 0 radical (unpaired) electrons. The van der Waals surface area contributed by atoms with E-state index in [0.29, 0.717) is 12.2 Å². The number of benzene rings is 2. The van der Waals surface area contributed by atoms with Gasteiger partial charge in [0.25, 0.3) is 0 Å². The number of allylic oxidation sites excluding steroid dienone is 5. The van der Waals surface area contributed by atoms with Crippen LogP contribution in [0.25, 0.3) is 0 Å². The molecule has 0 unspecified atom stereocenters. The number of nitriles is 3. The van der Waals surface area contributed by atoms with Crippen molar-refractivity contribution in [2.45, 2.75) is 0 Å². The fourth-order valence-corrected chi connectivity index (χ4v) is 3.09. The summed E-state index contributed by atoms with van der Waals surface area (Å²) in [6, 6.07) is 2.74. The molecule has 0 spiro atoms. The monoisotopic (exact) mass is 527 g/mol. The number of nitrogens with zero attached hydrogens (tertiary/aromatic N) is 5. The smallest absolute Gasteiger partial charge is 0.206 e. The van der Waals surface area contributed by atoms with Crippen molar-refractivity contribution in [2.75, 3.05) is 4.90 Å². The molecule has 0 bridgehead atoms. The molecule has 0 N–H and O–H groups in total. The normalized spacial score (nSPS) is 13.6. The van der Waals surface area contributed by atoms with Crippen LogP contribution in [0.1, 0.15) is 0 Å².